The van der Waals surface area contributed by atoms with Gasteiger partial charge in [-0.25, -0.2) is 4.98 Å². The first kappa shape index (κ1) is 34.9. The van der Waals surface area contributed by atoms with Crippen molar-refractivity contribution in [3.8, 4) is 5.75 Å². The zero-order valence-electron chi connectivity index (χ0n) is 26.4. The van der Waals surface area contributed by atoms with Crippen LogP contribution in [0.15, 0.2) is 89.8 Å². The number of hydrogen-bond acceptors (Lipinski definition) is 8. The van der Waals surface area contributed by atoms with Gasteiger partial charge in [-0.3, -0.25) is 19.2 Å². The first-order valence-electron chi connectivity index (χ1n) is 15.0. The van der Waals surface area contributed by atoms with Crippen LogP contribution >= 0.6 is 11.8 Å². The normalized spacial score (nSPS) is 13.3. The van der Waals surface area contributed by atoms with Gasteiger partial charge >= 0.3 is 0 Å². The summed E-state index contributed by atoms with van der Waals surface area (Å²) < 4.78 is 0. The van der Waals surface area contributed by atoms with Gasteiger partial charge in [-0.05, 0) is 69.2 Å². The molecule has 0 fully saturated rings. The van der Waals surface area contributed by atoms with Crippen molar-refractivity contribution in [2.45, 2.75) is 62.2 Å². The third kappa shape index (κ3) is 10.3. The van der Waals surface area contributed by atoms with E-state index in [0.29, 0.717) is 21.5 Å². The first-order chi connectivity index (χ1) is 22.3. The van der Waals surface area contributed by atoms with Crippen LogP contribution < -0.4 is 21.7 Å². The van der Waals surface area contributed by atoms with Gasteiger partial charge in [0.1, 0.15) is 17.5 Å². The smallest absolute Gasteiger partial charge is 0.270 e. The molecule has 0 aliphatic carbocycles. The number of para-hydroxylation sites is 1. The molecule has 246 valence electrons. The highest BCUT2D eigenvalue weighted by Crippen LogP contribution is 2.25. The lowest BCUT2D eigenvalue weighted by molar-refractivity contribution is -0.128. The fourth-order valence-electron chi connectivity index (χ4n) is 4.77. The zero-order chi connectivity index (χ0) is 34.1. The Labute approximate surface area is 277 Å². The summed E-state index contributed by atoms with van der Waals surface area (Å²) in [5.74, 6) is -2.31. The number of rotatable bonds is 13. The van der Waals surface area contributed by atoms with Crippen LogP contribution in [-0.2, 0) is 16.0 Å². The van der Waals surface area contributed by atoms with Crippen LogP contribution in [0.2, 0.25) is 0 Å². The number of benzene rings is 3. The Hall–Kier alpha value is -4.94. The van der Waals surface area contributed by atoms with Crippen LogP contribution in [0.25, 0.3) is 10.9 Å². The molecule has 0 aliphatic rings. The fourth-order valence-corrected chi connectivity index (χ4v) is 5.84. The molecule has 0 radical (unpaired) electrons. The molecular formula is C35H39N5O6S. The molecular weight excluding hydrogens is 618 g/mol. The summed E-state index contributed by atoms with van der Waals surface area (Å²) in [5.41, 5.74) is 6.79. The monoisotopic (exact) mass is 657 g/mol. The van der Waals surface area contributed by atoms with E-state index in [1.807, 2.05) is 32.9 Å². The van der Waals surface area contributed by atoms with Gasteiger partial charge in [0.05, 0.1) is 29.6 Å². The molecule has 11 nitrogen and oxygen atoms in total. The van der Waals surface area contributed by atoms with Crippen LogP contribution in [-0.4, -0.2) is 68.3 Å². The second kappa shape index (κ2) is 15.6. The van der Waals surface area contributed by atoms with E-state index in [1.54, 1.807) is 54.6 Å². The van der Waals surface area contributed by atoms with Gasteiger partial charge in [0.2, 0.25) is 11.8 Å². The van der Waals surface area contributed by atoms with Crippen LogP contribution in [0.5, 0.6) is 5.75 Å². The molecule has 1 heterocycles. The Morgan fingerprint density at radius 3 is 2.26 bits per heavy atom. The van der Waals surface area contributed by atoms with Crippen molar-refractivity contribution >= 4 is 46.3 Å². The molecule has 3 aromatic carbocycles. The number of hydrogen-bond donors (Lipinski definition) is 6. The van der Waals surface area contributed by atoms with Gasteiger partial charge in [0.25, 0.3) is 11.8 Å². The van der Waals surface area contributed by atoms with E-state index in [0.717, 1.165) is 5.39 Å². The number of phenols is 1. The number of fused-ring (bicyclic) bond motifs is 1. The second-order valence-electron chi connectivity index (χ2n) is 12.1. The summed E-state index contributed by atoms with van der Waals surface area (Å²) in [7, 11) is 0. The van der Waals surface area contributed by atoms with Gasteiger partial charge in [-0.15, -0.1) is 11.8 Å². The van der Waals surface area contributed by atoms with E-state index in [2.05, 4.69) is 20.9 Å². The summed E-state index contributed by atoms with van der Waals surface area (Å²) in [4.78, 5) is 56.7. The number of pyridine rings is 1. The highest BCUT2D eigenvalue weighted by molar-refractivity contribution is 7.99. The number of nitrogens with zero attached hydrogens (tertiary/aromatic N) is 1. The van der Waals surface area contributed by atoms with Gasteiger partial charge in [-0.1, -0.05) is 48.5 Å². The predicted molar refractivity (Wildman–Crippen MR) is 181 cm³/mol. The second-order valence-corrected chi connectivity index (χ2v) is 13.2. The van der Waals surface area contributed by atoms with E-state index in [-0.39, 0.29) is 29.5 Å². The van der Waals surface area contributed by atoms with E-state index in [1.165, 1.54) is 30.0 Å². The summed E-state index contributed by atoms with van der Waals surface area (Å²) in [6, 6.07) is 21.6. The molecule has 0 saturated heterocycles. The molecule has 0 saturated carbocycles. The number of carbonyl (C=O) groups excluding carboxylic acids is 4. The number of phenolic OH excluding ortho intramolecular Hbond substituents is 1. The van der Waals surface area contributed by atoms with Crippen molar-refractivity contribution in [2.24, 2.45) is 5.73 Å². The van der Waals surface area contributed by atoms with Crippen molar-refractivity contribution in [3.05, 3.63) is 102 Å². The Bertz CT molecular complexity index is 1740. The molecule has 12 heteroatoms. The summed E-state index contributed by atoms with van der Waals surface area (Å²) in [5, 5.41) is 30.3. The van der Waals surface area contributed by atoms with E-state index >= 15 is 0 Å². The SMILES string of the molecule is CC(C)(C)NC(=O)c1ccccc1SC[C@H](O)[C@H](Cc1ccc(O)cc1)NC(=O)[C@H](CC(N)=O)NC(=O)c1ccc2ccccc2n1. The van der Waals surface area contributed by atoms with Crippen LogP contribution in [0, 0.1) is 0 Å². The highest BCUT2D eigenvalue weighted by Gasteiger charge is 2.29. The number of amides is 4. The molecule has 47 heavy (non-hydrogen) atoms. The maximum absolute atomic E-state index is 13.6. The average molecular weight is 658 g/mol. The molecule has 3 atom stereocenters. The van der Waals surface area contributed by atoms with Crippen molar-refractivity contribution in [1.82, 2.24) is 20.9 Å². The van der Waals surface area contributed by atoms with Crippen LogP contribution in [0.3, 0.4) is 0 Å². The number of nitrogens with two attached hydrogens (primary N) is 1. The van der Waals surface area contributed by atoms with Gasteiger partial charge < -0.3 is 31.9 Å². The first-order valence-corrected chi connectivity index (χ1v) is 16.0. The van der Waals surface area contributed by atoms with Gasteiger partial charge in [-0.2, -0.15) is 0 Å². The quantitative estimate of drug-likeness (QED) is 0.118. The van der Waals surface area contributed by atoms with Crippen molar-refractivity contribution in [3.63, 3.8) is 0 Å². The van der Waals surface area contributed by atoms with E-state index in [4.69, 9.17) is 5.73 Å². The number of thioether (sulfide) groups is 1. The maximum Gasteiger partial charge on any atom is 0.270 e. The number of aromatic nitrogens is 1. The Balaban J connectivity index is 1.53. The lowest BCUT2D eigenvalue weighted by Gasteiger charge is -2.27. The highest BCUT2D eigenvalue weighted by atomic mass is 32.2. The number of aromatic hydroxyl groups is 1. The molecule has 1 aromatic heterocycles. The van der Waals surface area contributed by atoms with Crippen LogP contribution in [0.4, 0.5) is 0 Å². The van der Waals surface area contributed by atoms with Gasteiger partial charge in [0, 0.05) is 21.6 Å². The molecule has 7 N–H and O–H groups in total. The van der Waals surface area contributed by atoms with Gasteiger partial charge in [0.15, 0.2) is 0 Å². The third-order valence-electron chi connectivity index (χ3n) is 7.07. The standard InChI is InChI=1S/C35H39N5O6S/c1-35(2,3)40-32(44)24-9-5-7-11-30(24)47-20-29(42)27(18-21-12-15-23(41)16-13-21)38-34(46)28(19-31(36)43)39-33(45)26-17-14-22-8-4-6-10-25(22)37-26/h4-17,27-29,41-42H,18-20H2,1-3H3,(H2,36,43)(H,38,46)(H,39,45)(H,40,44)/t27-,28-,29-/m0/s1. The number of aliphatic hydroxyl groups is 1. The minimum Gasteiger partial charge on any atom is -0.508 e. The van der Waals surface area contributed by atoms with E-state index < -0.39 is 47.9 Å². The lowest BCUT2D eigenvalue weighted by Crippen LogP contribution is -2.54. The van der Waals surface area contributed by atoms with Crippen LogP contribution in [0.1, 0.15) is 53.6 Å². The zero-order valence-corrected chi connectivity index (χ0v) is 27.2. The largest absolute Gasteiger partial charge is 0.508 e. The molecule has 0 spiro atoms. The summed E-state index contributed by atoms with van der Waals surface area (Å²) >= 11 is 1.25. The van der Waals surface area contributed by atoms with Crippen molar-refractivity contribution in [2.75, 3.05) is 5.75 Å². The average Bonchev–Trinajstić information content (AvgIpc) is 3.02. The van der Waals surface area contributed by atoms with Crippen molar-refractivity contribution in [1.29, 1.82) is 0 Å². The topological polar surface area (TPSA) is 184 Å². The minimum absolute atomic E-state index is 0.0530. The minimum atomic E-state index is -1.35. The molecule has 4 rings (SSSR count). The molecule has 4 amide bonds. The molecule has 0 unspecified atom stereocenters. The predicted octanol–water partition coefficient (Wildman–Crippen LogP) is 3.32. The summed E-state index contributed by atoms with van der Waals surface area (Å²) in [6.07, 6.45) is -1.47. The maximum atomic E-state index is 13.6. The lowest BCUT2D eigenvalue weighted by atomic mass is 10.0. The third-order valence-corrected chi connectivity index (χ3v) is 8.25. The number of primary amides is 1. The Morgan fingerprint density at radius 2 is 1.55 bits per heavy atom. The summed E-state index contributed by atoms with van der Waals surface area (Å²) in [6.45, 7) is 5.65. The Morgan fingerprint density at radius 1 is 0.872 bits per heavy atom. The van der Waals surface area contributed by atoms with Crippen molar-refractivity contribution < 1.29 is 29.4 Å². The molecule has 0 bridgehead atoms. The Kier molecular flexibility index (Phi) is 11.6. The molecule has 4 aromatic rings. The van der Waals surface area contributed by atoms with E-state index in [9.17, 15) is 29.4 Å². The fraction of sp³-hybridized carbons (Fsp3) is 0.286. The molecule has 0 aliphatic heterocycles. The number of nitrogens with one attached hydrogen (secondary N) is 3. The number of carbonyl (C=O) groups is 4. The number of aliphatic hydroxyl groups excluding tert-OH is 1.